The Hall–Kier alpha value is -1.88. The van der Waals surface area contributed by atoms with Crippen LogP contribution in [0.1, 0.15) is 24.4 Å². The first-order valence-corrected chi connectivity index (χ1v) is 5.12. The van der Waals surface area contributed by atoms with Crippen molar-refractivity contribution in [3.8, 4) is 0 Å². The lowest BCUT2D eigenvalue weighted by atomic mass is 10.1. The Balaban J connectivity index is 2.42. The Morgan fingerprint density at radius 2 is 2.12 bits per heavy atom. The summed E-state index contributed by atoms with van der Waals surface area (Å²) in [6, 6.07) is 9.13. The molecule has 0 saturated carbocycles. The summed E-state index contributed by atoms with van der Waals surface area (Å²) >= 11 is 0. The molecule has 2 aromatic rings. The van der Waals surface area contributed by atoms with E-state index >= 15 is 0 Å². The highest BCUT2D eigenvalue weighted by Crippen LogP contribution is 2.18. The SMILES string of the molecule is CCn1c([C@@H](O)c2ccccc2)n[nH]c1=O. The summed E-state index contributed by atoms with van der Waals surface area (Å²) in [5.41, 5.74) is 0.420. The number of aliphatic hydroxyl groups excluding tert-OH is 1. The van der Waals surface area contributed by atoms with Crippen molar-refractivity contribution >= 4 is 0 Å². The van der Waals surface area contributed by atoms with E-state index in [0.29, 0.717) is 12.4 Å². The molecule has 5 nitrogen and oxygen atoms in total. The summed E-state index contributed by atoms with van der Waals surface area (Å²) in [7, 11) is 0. The van der Waals surface area contributed by atoms with E-state index < -0.39 is 6.10 Å². The predicted octanol–water partition coefficient (Wildman–Crippen LogP) is 0.673. The maximum absolute atomic E-state index is 11.3. The lowest BCUT2D eigenvalue weighted by molar-refractivity contribution is 0.204. The van der Waals surface area contributed by atoms with Crippen LogP contribution in [-0.4, -0.2) is 19.9 Å². The lowest BCUT2D eigenvalue weighted by Crippen LogP contribution is -2.19. The first kappa shape index (κ1) is 10.6. The van der Waals surface area contributed by atoms with E-state index in [9.17, 15) is 9.90 Å². The summed E-state index contributed by atoms with van der Waals surface area (Å²) in [5, 5.41) is 16.2. The third-order valence-corrected chi connectivity index (χ3v) is 2.46. The van der Waals surface area contributed by atoms with Crippen molar-refractivity contribution in [1.82, 2.24) is 14.8 Å². The van der Waals surface area contributed by atoms with Crippen LogP contribution in [-0.2, 0) is 6.54 Å². The van der Waals surface area contributed by atoms with Gasteiger partial charge in [0.15, 0.2) is 5.82 Å². The normalized spacial score (nSPS) is 12.6. The van der Waals surface area contributed by atoms with Crippen molar-refractivity contribution < 1.29 is 5.11 Å². The number of aromatic nitrogens is 3. The number of nitrogens with one attached hydrogen (secondary N) is 1. The van der Waals surface area contributed by atoms with Crippen molar-refractivity contribution in [3.63, 3.8) is 0 Å². The van der Waals surface area contributed by atoms with Crippen LogP contribution < -0.4 is 5.69 Å². The Bertz CT molecular complexity index is 516. The third-order valence-electron chi connectivity index (χ3n) is 2.46. The molecular weight excluding hydrogens is 206 g/mol. The number of H-pyrrole nitrogens is 1. The lowest BCUT2D eigenvalue weighted by Gasteiger charge is -2.10. The number of aliphatic hydroxyl groups is 1. The fourth-order valence-corrected chi connectivity index (χ4v) is 1.63. The van der Waals surface area contributed by atoms with Crippen molar-refractivity contribution in [2.75, 3.05) is 0 Å². The molecule has 0 fully saturated rings. The molecule has 0 aliphatic carbocycles. The van der Waals surface area contributed by atoms with Crippen LogP contribution in [0.2, 0.25) is 0 Å². The number of nitrogens with zero attached hydrogens (tertiary/aromatic N) is 2. The number of hydrogen-bond donors (Lipinski definition) is 2. The van der Waals surface area contributed by atoms with Gasteiger partial charge in [0, 0.05) is 6.54 Å². The molecule has 0 bridgehead atoms. The van der Waals surface area contributed by atoms with Gasteiger partial charge in [-0.1, -0.05) is 30.3 Å². The van der Waals surface area contributed by atoms with Gasteiger partial charge in [0.1, 0.15) is 6.10 Å². The van der Waals surface area contributed by atoms with E-state index in [4.69, 9.17) is 0 Å². The Morgan fingerprint density at radius 3 is 2.75 bits per heavy atom. The van der Waals surface area contributed by atoms with Crippen LogP contribution in [0, 0.1) is 0 Å². The van der Waals surface area contributed by atoms with Gasteiger partial charge in [-0.2, -0.15) is 5.10 Å². The molecule has 2 rings (SSSR count). The molecule has 0 aliphatic rings. The number of benzene rings is 1. The average molecular weight is 219 g/mol. The first-order chi connectivity index (χ1) is 7.74. The zero-order valence-corrected chi connectivity index (χ0v) is 8.92. The molecule has 16 heavy (non-hydrogen) atoms. The minimum absolute atomic E-state index is 0.299. The molecular formula is C11H13N3O2. The van der Waals surface area contributed by atoms with Crippen LogP contribution in [0.4, 0.5) is 0 Å². The zero-order valence-electron chi connectivity index (χ0n) is 8.92. The summed E-state index contributed by atoms with van der Waals surface area (Å²) in [5.74, 6) is 0.346. The molecule has 0 amide bonds. The molecule has 0 saturated heterocycles. The van der Waals surface area contributed by atoms with Crippen molar-refractivity contribution in [2.24, 2.45) is 0 Å². The fraction of sp³-hybridized carbons (Fsp3) is 0.273. The van der Waals surface area contributed by atoms with Crippen LogP contribution >= 0.6 is 0 Å². The first-order valence-electron chi connectivity index (χ1n) is 5.12. The Labute approximate surface area is 92.4 Å². The van der Waals surface area contributed by atoms with E-state index in [-0.39, 0.29) is 5.69 Å². The predicted molar refractivity (Wildman–Crippen MR) is 59.0 cm³/mol. The summed E-state index contributed by atoms with van der Waals surface area (Å²) in [4.78, 5) is 11.3. The second-order valence-electron chi connectivity index (χ2n) is 3.44. The van der Waals surface area contributed by atoms with Crippen LogP contribution in [0.25, 0.3) is 0 Å². The summed E-state index contributed by atoms with van der Waals surface area (Å²) < 4.78 is 1.41. The molecule has 0 aliphatic heterocycles. The van der Waals surface area contributed by atoms with Gasteiger partial charge in [-0.3, -0.25) is 4.57 Å². The van der Waals surface area contributed by atoms with E-state index in [2.05, 4.69) is 10.2 Å². The largest absolute Gasteiger partial charge is 0.380 e. The van der Waals surface area contributed by atoms with Gasteiger partial charge in [-0.05, 0) is 12.5 Å². The number of aromatic amines is 1. The molecule has 5 heteroatoms. The molecule has 1 heterocycles. The van der Waals surface area contributed by atoms with Gasteiger partial charge < -0.3 is 5.11 Å². The molecule has 0 spiro atoms. The van der Waals surface area contributed by atoms with Crippen molar-refractivity contribution in [3.05, 3.63) is 52.2 Å². The van der Waals surface area contributed by atoms with Gasteiger partial charge in [-0.25, -0.2) is 9.89 Å². The summed E-state index contributed by atoms with van der Waals surface area (Å²) in [6.07, 6.45) is -0.875. The fourth-order valence-electron chi connectivity index (χ4n) is 1.63. The van der Waals surface area contributed by atoms with Gasteiger partial charge in [-0.15, -0.1) is 0 Å². The zero-order chi connectivity index (χ0) is 11.5. The second kappa shape index (κ2) is 4.32. The number of hydrogen-bond acceptors (Lipinski definition) is 3. The highest BCUT2D eigenvalue weighted by molar-refractivity contribution is 5.22. The van der Waals surface area contributed by atoms with E-state index in [1.807, 2.05) is 25.1 Å². The van der Waals surface area contributed by atoms with Gasteiger partial charge in [0.2, 0.25) is 0 Å². The molecule has 2 N–H and O–H groups in total. The highest BCUT2D eigenvalue weighted by Gasteiger charge is 2.17. The maximum Gasteiger partial charge on any atom is 0.343 e. The smallest absolute Gasteiger partial charge is 0.343 e. The molecule has 1 aromatic heterocycles. The average Bonchev–Trinajstić information content (AvgIpc) is 2.70. The van der Waals surface area contributed by atoms with Crippen molar-refractivity contribution in [2.45, 2.75) is 19.6 Å². The quantitative estimate of drug-likeness (QED) is 0.797. The van der Waals surface area contributed by atoms with Crippen LogP contribution in [0.5, 0.6) is 0 Å². The topological polar surface area (TPSA) is 70.9 Å². The summed E-state index contributed by atoms with van der Waals surface area (Å²) in [6.45, 7) is 2.31. The minimum Gasteiger partial charge on any atom is -0.380 e. The highest BCUT2D eigenvalue weighted by atomic mass is 16.3. The van der Waals surface area contributed by atoms with Gasteiger partial charge >= 0.3 is 5.69 Å². The minimum atomic E-state index is -0.875. The van der Waals surface area contributed by atoms with E-state index in [1.165, 1.54) is 4.57 Å². The standard InChI is InChI=1S/C11H13N3O2/c1-2-14-10(12-13-11(14)16)9(15)8-6-4-3-5-7-8/h3-7,9,15H,2H2,1H3,(H,13,16)/t9-/m0/s1. The van der Waals surface area contributed by atoms with Gasteiger partial charge in [0.05, 0.1) is 0 Å². The molecule has 1 aromatic carbocycles. The monoisotopic (exact) mass is 219 g/mol. The Morgan fingerprint density at radius 1 is 1.44 bits per heavy atom. The third kappa shape index (κ3) is 1.77. The second-order valence-corrected chi connectivity index (χ2v) is 3.44. The Kier molecular flexibility index (Phi) is 2.87. The van der Waals surface area contributed by atoms with E-state index in [0.717, 1.165) is 5.56 Å². The maximum atomic E-state index is 11.3. The number of rotatable bonds is 3. The van der Waals surface area contributed by atoms with Crippen LogP contribution in [0.15, 0.2) is 35.1 Å². The molecule has 84 valence electrons. The van der Waals surface area contributed by atoms with Crippen LogP contribution in [0.3, 0.4) is 0 Å². The van der Waals surface area contributed by atoms with Crippen molar-refractivity contribution in [1.29, 1.82) is 0 Å². The van der Waals surface area contributed by atoms with E-state index in [1.54, 1.807) is 12.1 Å². The van der Waals surface area contributed by atoms with Gasteiger partial charge in [0.25, 0.3) is 0 Å². The molecule has 0 radical (unpaired) electrons. The molecule has 0 unspecified atom stereocenters. The molecule has 1 atom stereocenters.